The van der Waals surface area contributed by atoms with Crippen molar-refractivity contribution in [2.75, 3.05) is 21.3 Å². The van der Waals surface area contributed by atoms with E-state index in [1.165, 1.54) is 48.2 Å². The van der Waals surface area contributed by atoms with Gasteiger partial charge in [-0.2, -0.15) is 0 Å². The number of aliphatic hydroxyl groups is 3. The topological polar surface area (TPSA) is 229 Å². The molecule has 0 unspecified atom stereocenters. The molecule has 6 bridgehead atoms. The highest BCUT2D eigenvalue weighted by atomic mass is 16.7. The number of carbonyl (C=O) groups excluding carboxylic acids is 5. The minimum Gasteiger partial charge on any atom is -0.466 e. The number of aliphatic hydroxyl groups excluding tert-OH is 2. The average Bonchev–Trinajstić information content (AvgIpc) is 3.19. The van der Waals surface area contributed by atoms with Crippen LogP contribution in [-0.2, 0) is 66.6 Å². The summed E-state index contributed by atoms with van der Waals surface area (Å²) in [6, 6.07) is 0. The lowest BCUT2D eigenvalue weighted by Crippen LogP contribution is -2.63. The number of fused-ring (bicyclic) bond motifs is 6. The molecule has 17 heteroatoms. The van der Waals surface area contributed by atoms with E-state index in [2.05, 4.69) is 0 Å². The highest BCUT2D eigenvalue weighted by molar-refractivity contribution is 5.83. The molecule has 0 amide bonds. The first kappa shape index (κ1) is 52.7. The zero-order valence-corrected chi connectivity index (χ0v) is 39.0. The van der Waals surface area contributed by atoms with Crippen LogP contribution >= 0.6 is 0 Å². The van der Waals surface area contributed by atoms with E-state index < -0.39 is 114 Å². The van der Waals surface area contributed by atoms with Crippen molar-refractivity contribution in [3.05, 3.63) is 47.6 Å². The quantitative estimate of drug-likeness (QED) is 0.141. The molecular weight excluding hydrogens is 836 g/mol. The first-order valence-corrected chi connectivity index (χ1v) is 22.1. The van der Waals surface area contributed by atoms with Crippen LogP contribution in [0.25, 0.3) is 0 Å². The van der Waals surface area contributed by atoms with E-state index in [0.717, 1.165) is 11.6 Å². The molecule has 0 spiro atoms. The van der Waals surface area contributed by atoms with Crippen LogP contribution < -0.4 is 0 Å². The van der Waals surface area contributed by atoms with Gasteiger partial charge < -0.3 is 58.0 Å². The lowest BCUT2D eigenvalue weighted by atomic mass is 9.70. The van der Waals surface area contributed by atoms with Crippen molar-refractivity contribution in [1.29, 1.82) is 0 Å². The number of allylic oxidation sites excluding steroid dienone is 2. The Kier molecular flexibility index (Phi) is 18.5. The summed E-state index contributed by atoms with van der Waals surface area (Å²) in [6.45, 7) is 11.0. The Morgan fingerprint density at radius 2 is 1.48 bits per heavy atom. The van der Waals surface area contributed by atoms with E-state index in [-0.39, 0.29) is 37.7 Å². The van der Waals surface area contributed by atoms with Gasteiger partial charge in [0.2, 0.25) is 5.79 Å². The van der Waals surface area contributed by atoms with Crippen LogP contribution in [0, 0.1) is 10.8 Å². The van der Waals surface area contributed by atoms with Crippen LogP contribution in [0.3, 0.4) is 0 Å². The van der Waals surface area contributed by atoms with Crippen molar-refractivity contribution in [1.82, 2.24) is 0 Å². The molecule has 4 aliphatic rings. The average molecular weight is 907 g/mol. The standard InChI is InChI=1S/C47H70O17/c1-28(48)38-25-35-21-32(22-41(53)57-9)43(60-30(3)50)47(55,64-35)44(4,5)17-15-13-11-12-14-16-34-18-31(20-40(52)56-8)19-37(61-34)27-46(58-10)45(6,7)39(59-29(2)49)26-36(63-46)23-33(51)24-42(54)62-38/h14-17,20,22,28,33-39,43,48,51,55H,11-13,18-19,21,23-27H2,1-10H3/b16-14+,17-15+,31-20+,32-22+/t28-,33-,34+,35+,36-,37+,38-,39+,43+,46+,47-/m1/s1. The van der Waals surface area contributed by atoms with Crippen molar-refractivity contribution in [3.63, 3.8) is 0 Å². The Balaban J connectivity index is 1.76. The number of methoxy groups -OCH3 is 3. The third kappa shape index (κ3) is 13.3. The molecule has 0 aromatic carbocycles. The van der Waals surface area contributed by atoms with Gasteiger partial charge in [0.1, 0.15) is 12.2 Å². The number of cyclic esters (lactones) is 1. The predicted molar refractivity (Wildman–Crippen MR) is 229 cm³/mol. The fourth-order valence-electron chi connectivity index (χ4n) is 9.11. The number of rotatable bonds is 6. The molecule has 0 aliphatic carbocycles. The minimum absolute atomic E-state index is 0.0729. The summed E-state index contributed by atoms with van der Waals surface area (Å²) in [5.74, 6) is -7.10. The smallest absolute Gasteiger partial charge is 0.330 e. The summed E-state index contributed by atoms with van der Waals surface area (Å²) in [4.78, 5) is 63.6. The van der Waals surface area contributed by atoms with Gasteiger partial charge in [0.05, 0.1) is 62.7 Å². The molecule has 4 heterocycles. The highest BCUT2D eigenvalue weighted by Crippen LogP contribution is 2.51. The van der Waals surface area contributed by atoms with Crippen molar-refractivity contribution in [2.45, 2.75) is 186 Å². The van der Waals surface area contributed by atoms with Gasteiger partial charge in [0.15, 0.2) is 11.9 Å². The Labute approximate surface area is 376 Å². The maximum absolute atomic E-state index is 13.5. The van der Waals surface area contributed by atoms with Gasteiger partial charge in [-0.15, -0.1) is 0 Å². The molecule has 0 aromatic heterocycles. The van der Waals surface area contributed by atoms with Crippen molar-refractivity contribution in [2.24, 2.45) is 10.8 Å². The molecule has 0 saturated carbocycles. The molecular formula is C47H70O17. The van der Waals surface area contributed by atoms with Crippen LogP contribution in [0.15, 0.2) is 47.6 Å². The Morgan fingerprint density at radius 1 is 0.828 bits per heavy atom. The maximum Gasteiger partial charge on any atom is 0.330 e. The van der Waals surface area contributed by atoms with Gasteiger partial charge in [0, 0.05) is 64.2 Å². The van der Waals surface area contributed by atoms with E-state index in [0.29, 0.717) is 32.1 Å². The van der Waals surface area contributed by atoms with Crippen molar-refractivity contribution < 1.29 is 81.9 Å². The molecule has 4 aliphatic heterocycles. The summed E-state index contributed by atoms with van der Waals surface area (Å²) in [7, 11) is 3.97. The third-order valence-corrected chi connectivity index (χ3v) is 12.7. The van der Waals surface area contributed by atoms with Crippen molar-refractivity contribution >= 4 is 29.8 Å². The zero-order valence-electron chi connectivity index (χ0n) is 39.0. The van der Waals surface area contributed by atoms with Gasteiger partial charge in [-0.25, -0.2) is 9.59 Å². The van der Waals surface area contributed by atoms with Crippen molar-refractivity contribution in [3.8, 4) is 0 Å². The lowest BCUT2D eigenvalue weighted by Gasteiger charge is -2.55. The van der Waals surface area contributed by atoms with Gasteiger partial charge in [-0.1, -0.05) is 57.6 Å². The highest BCUT2D eigenvalue weighted by Gasteiger charge is 2.60. The second-order valence-electron chi connectivity index (χ2n) is 18.4. The van der Waals surface area contributed by atoms with Gasteiger partial charge in [-0.05, 0) is 51.0 Å². The Morgan fingerprint density at radius 3 is 2.11 bits per heavy atom. The molecule has 0 radical (unpaired) electrons. The monoisotopic (exact) mass is 906 g/mol. The minimum atomic E-state index is -2.27. The number of carbonyl (C=O) groups is 5. The second kappa shape index (κ2) is 22.5. The molecule has 3 fully saturated rings. The SMILES string of the molecule is COC(=O)/C=C1/C[C@H]2C[C@]3(OC)O[C@H](C[C@@H](O)CC(=O)O[C@@H]([C@@H](C)O)C[C@@H]4C/C(=C\C(=O)OC)[C@H](OC(C)=O)[C@@](O)(O4)C(C)(C)/C=C/CCC/C=C/[C@@H](C1)O2)C[C@H](OC(C)=O)C3(C)C. The zero-order chi connectivity index (χ0) is 47.6. The van der Waals surface area contributed by atoms with E-state index in [9.17, 15) is 39.3 Å². The molecule has 3 saturated heterocycles. The fourth-order valence-corrected chi connectivity index (χ4v) is 9.11. The predicted octanol–water partition coefficient (Wildman–Crippen LogP) is 4.77. The maximum atomic E-state index is 13.5. The first-order chi connectivity index (χ1) is 30.0. The lowest BCUT2D eigenvalue weighted by molar-refractivity contribution is -0.358. The van der Waals surface area contributed by atoms with Crippen LogP contribution in [0.5, 0.6) is 0 Å². The summed E-state index contributed by atoms with van der Waals surface area (Å²) in [6.07, 6.45) is 3.53. The molecule has 11 atom stereocenters. The van der Waals surface area contributed by atoms with E-state index >= 15 is 0 Å². The van der Waals surface area contributed by atoms with E-state index in [4.69, 9.17) is 42.6 Å². The van der Waals surface area contributed by atoms with E-state index in [1.54, 1.807) is 19.9 Å². The van der Waals surface area contributed by atoms with Gasteiger partial charge >= 0.3 is 29.8 Å². The first-order valence-electron chi connectivity index (χ1n) is 22.1. The number of ether oxygens (including phenoxy) is 9. The van der Waals surface area contributed by atoms with Crippen LogP contribution in [0.1, 0.15) is 119 Å². The number of hydrogen-bond donors (Lipinski definition) is 3. The van der Waals surface area contributed by atoms with Crippen LogP contribution in [0.4, 0.5) is 0 Å². The number of esters is 5. The van der Waals surface area contributed by atoms with Gasteiger partial charge in [0.25, 0.3) is 0 Å². The largest absolute Gasteiger partial charge is 0.466 e. The molecule has 4 rings (SSSR count). The van der Waals surface area contributed by atoms with Gasteiger partial charge in [-0.3, -0.25) is 14.4 Å². The van der Waals surface area contributed by atoms with Crippen LogP contribution in [-0.4, -0.2) is 133 Å². The molecule has 17 nitrogen and oxygen atoms in total. The summed E-state index contributed by atoms with van der Waals surface area (Å²) in [5.41, 5.74) is -1.25. The molecule has 64 heavy (non-hydrogen) atoms. The second-order valence-corrected chi connectivity index (χ2v) is 18.4. The summed E-state index contributed by atoms with van der Waals surface area (Å²) < 4.78 is 53.1. The fraction of sp³-hybridized carbons (Fsp3) is 0.723. The summed E-state index contributed by atoms with van der Waals surface area (Å²) >= 11 is 0. The Hall–Kier alpha value is -3.97. The molecule has 0 aromatic rings. The normalized spacial score (nSPS) is 36.7. The van der Waals surface area contributed by atoms with E-state index in [1.807, 2.05) is 32.1 Å². The van der Waals surface area contributed by atoms with Crippen LogP contribution in [0.2, 0.25) is 0 Å². The Bertz CT molecular complexity index is 1780. The molecule has 3 N–H and O–H groups in total. The number of hydrogen-bond acceptors (Lipinski definition) is 17. The third-order valence-electron chi connectivity index (χ3n) is 12.7. The summed E-state index contributed by atoms with van der Waals surface area (Å²) in [5, 5.41) is 34.8. The molecule has 360 valence electrons.